The van der Waals surface area contributed by atoms with E-state index in [9.17, 15) is 9.18 Å². The van der Waals surface area contributed by atoms with Crippen molar-refractivity contribution in [2.24, 2.45) is 5.41 Å². The minimum absolute atomic E-state index is 0.0293. The van der Waals surface area contributed by atoms with Crippen LogP contribution in [-0.4, -0.2) is 34.0 Å². The first-order valence-electron chi connectivity index (χ1n) is 7.61. The monoisotopic (exact) mass is 302 g/mol. The van der Waals surface area contributed by atoms with Gasteiger partial charge in [0.15, 0.2) is 0 Å². The Kier molecular flexibility index (Phi) is 3.83. The highest BCUT2D eigenvalue weighted by Gasteiger charge is 2.46. The van der Waals surface area contributed by atoms with Crippen LogP contribution in [-0.2, 0) is 4.79 Å². The van der Waals surface area contributed by atoms with Crippen LogP contribution in [0.5, 0.6) is 0 Å². The Bertz CT molecular complexity index is 629. The van der Waals surface area contributed by atoms with Crippen LogP contribution in [0.4, 0.5) is 4.39 Å². The molecular formula is C16H19FN4O. The van der Waals surface area contributed by atoms with E-state index in [1.54, 1.807) is 11.2 Å². The molecule has 0 bridgehead atoms. The highest BCUT2D eigenvalue weighted by molar-refractivity contribution is 5.83. The van der Waals surface area contributed by atoms with Crippen molar-refractivity contribution in [2.45, 2.75) is 38.6 Å². The van der Waals surface area contributed by atoms with Crippen LogP contribution in [0.2, 0.25) is 0 Å². The molecule has 22 heavy (non-hydrogen) atoms. The number of nitriles is 1. The Balaban J connectivity index is 1.95. The quantitative estimate of drug-likeness (QED) is 0.842. The van der Waals surface area contributed by atoms with E-state index < -0.39 is 11.2 Å². The summed E-state index contributed by atoms with van der Waals surface area (Å²) in [6.07, 6.45) is 5.36. The summed E-state index contributed by atoms with van der Waals surface area (Å²) in [4.78, 5) is 16.9. The average molecular weight is 302 g/mol. The number of carbonyl (C=O) groups is 1. The molecule has 0 radical (unpaired) electrons. The van der Waals surface area contributed by atoms with Crippen LogP contribution >= 0.6 is 0 Å². The third kappa shape index (κ3) is 2.46. The first-order valence-corrected chi connectivity index (χ1v) is 7.61. The largest absolute Gasteiger partial charge is 0.273 e. The van der Waals surface area contributed by atoms with Crippen molar-refractivity contribution in [1.29, 1.82) is 5.26 Å². The molecule has 3 rings (SSSR count). The van der Waals surface area contributed by atoms with E-state index in [1.807, 2.05) is 11.9 Å². The lowest BCUT2D eigenvalue weighted by Crippen LogP contribution is -2.46. The highest BCUT2D eigenvalue weighted by Crippen LogP contribution is 2.41. The summed E-state index contributed by atoms with van der Waals surface area (Å²) in [6, 6.07) is 3.40. The number of nitrogens with zero attached hydrogens (tertiary/aromatic N) is 4. The molecule has 3 heterocycles. The van der Waals surface area contributed by atoms with Gasteiger partial charge >= 0.3 is 0 Å². The van der Waals surface area contributed by atoms with Crippen molar-refractivity contribution in [3.63, 3.8) is 0 Å². The van der Waals surface area contributed by atoms with Crippen molar-refractivity contribution in [3.8, 4) is 6.07 Å². The van der Waals surface area contributed by atoms with Crippen molar-refractivity contribution in [1.82, 2.24) is 15.0 Å². The molecule has 0 N–H and O–H groups in total. The van der Waals surface area contributed by atoms with Gasteiger partial charge < -0.3 is 0 Å². The molecule has 0 aromatic carbocycles. The van der Waals surface area contributed by atoms with Gasteiger partial charge in [-0.05, 0) is 37.8 Å². The smallest absolute Gasteiger partial charge is 0.244 e. The molecule has 1 aromatic rings. The molecular weight excluding hydrogens is 283 g/mol. The third-order valence-electron chi connectivity index (χ3n) is 4.71. The lowest BCUT2D eigenvalue weighted by atomic mass is 9.81. The highest BCUT2D eigenvalue weighted by atomic mass is 19.1. The number of aromatic nitrogens is 1. The van der Waals surface area contributed by atoms with Crippen LogP contribution in [0.1, 0.15) is 44.2 Å². The summed E-state index contributed by atoms with van der Waals surface area (Å²) in [6.45, 7) is 3.43. The molecule has 0 spiro atoms. The minimum Gasteiger partial charge on any atom is -0.273 e. The molecule has 2 aliphatic heterocycles. The summed E-state index contributed by atoms with van der Waals surface area (Å²) in [7, 11) is 0. The van der Waals surface area contributed by atoms with E-state index in [4.69, 9.17) is 5.26 Å². The molecule has 2 unspecified atom stereocenters. The van der Waals surface area contributed by atoms with Gasteiger partial charge in [0.1, 0.15) is 5.82 Å². The number of pyridine rings is 1. The normalized spacial score (nSPS) is 29.0. The summed E-state index contributed by atoms with van der Waals surface area (Å²) in [5.41, 5.74) is 0.0596. The van der Waals surface area contributed by atoms with Crippen LogP contribution in [0.3, 0.4) is 0 Å². The maximum atomic E-state index is 13.5. The molecule has 5 nitrogen and oxygen atoms in total. The zero-order valence-electron chi connectivity index (χ0n) is 12.6. The first-order chi connectivity index (χ1) is 10.5. The number of rotatable bonds is 2. The van der Waals surface area contributed by atoms with Gasteiger partial charge in [0, 0.05) is 25.7 Å². The molecule has 2 saturated heterocycles. The van der Waals surface area contributed by atoms with E-state index in [0.717, 1.165) is 31.5 Å². The second-order valence-electron chi connectivity index (χ2n) is 6.34. The molecule has 2 atom stereocenters. The predicted octanol–water partition coefficient (Wildman–Crippen LogP) is 2.42. The van der Waals surface area contributed by atoms with E-state index in [0.29, 0.717) is 6.42 Å². The molecule has 0 aliphatic carbocycles. The minimum atomic E-state index is -0.660. The summed E-state index contributed by atoms with van der Waals surface area (Å²) in [5.74, 6) is -0.420. The van der Waals surface area contributed by atoms with Crippen LogP contribution < -0.4 is 0 Å². The van der Waals surface area contributed by atoms with E-state index in [2.05, 4.69) is 11.1 Å². The Morgan fingerprint density at radius 1 is 1.50 bits per heavy atom. The SMILES string of the molecule is CC1(CC#N)CCCN2CCC(c3cncc(F)c3)N2C1=O. The van der Waals surface area contributed by atoms with Gasteiger partial charge in [0.05, 0.1) is 23.7 Å². The number of hydrogen-bond acceptors (Lipinski definition) is 4. The molecule has 1 aromatic heterocycles. The predicted molar refractivity (Wildman–Crippen MR) is 77.5 cm³/mol. The van der Waals surface area contributed by atoms with Gasteiger partial charge in [-0.2, -0.15) is 5.26 Å². The maximum absolute atomic E-state index is 13.5. The van der Waals surface area contributed by atoms with Gasteiger partial charge in [-0.1, -0.05) is 0 Å². The van der Waals surface area contributed by atoms with Crippen molar-refractivity contribution >= 4 is 5.91 Å². The molecule has 0 saturated carbocycles. The first kappa shape index (κ1) is 14.9. The maximum Gasteiger partial charge on any atom is 0.244 e. The Hall–Kier alpha value is -2.00. The Labute approximate surface area is 129 Å². The fraction of sp³-hybridized carbons (Fsp3) is 0.562. The summed E-state index contributed by atoms with van der Waals surface area (Å²) in [5, 5.41) is 12.9. The third-order valence-corrected chi connectivity index (χ3v) is 4.71. The molecule has 116 valence electrons. The van der Waals surface area contributed by atoms with Crippen LogP contribution in [0.25, 0.3) is 0 Å². The fourth-order valence-corrected chi connectivity index (χ4v) is 3.48. The number of amides is 1. The molecule has 1 amide bonds. The molecule has 2 aliphatic rings. The number of hydrogen-bond donors (Lipinski definition) is 0. The second kappa shape index (κ2) is 5.65. The fourth-order valence-electron chi connectivity index (χ4n) is 3.48. The Morgan fingerprint density at radius 2 is 2.32 bits per heavy atom. The zero-order chi connectivity index (χ0) is 15.7. The van der Waals surface area contributed by atoms with Gasteiger partial charge in [0.2, 0.25) is 5.91 Å². The standard InChI is InChI=1S/C16H19FN4O/c1-16(5-6-18)4-2-7-20-8-3-14(21(20)15(16)22)12-9-13(17)11-19-10-12/h9-11,14H,2-5,7-8H2,1H3. The second-order valence-corrected chi connectivity index (χ2v) is 6.34. The van der Waals surface area contributed by atoms with Crippen molar-refractivity contribution in [3.05, 3.63) is 29.8 Å². The number of carbonyl (C=O) groups excluding carboxylic acids is 1. The summed E-state index contributed by atoms with van der Waals surface area (Å²) >= 11 is 0. The topological polar surface area (TPSA) is 60.2 Å². The lowest BCUT2D eigenvalue weighted by molar-refractivity contribution is -0.155. The van der Waals surface area contributed by atoms with Gasteiger partial charge in [-0.25, -0.2) is 9.40 Å². The molecule has 2 fully saturated rings. The van der Waals surface area contributed by atoms with Gasteiger partial charge in [-0.15, -0.1) is 0 Å². The van der Waals surface area contributed by atoms with Crippen molar-refractivity contribution < 1.29 is 9.18 Å². The van der Waals surface area contributed by atoms with Gasteiger partial charge in [0.25, 0.3) is 0 Å². The zero-order valence-corrected chi connectivity index (χ0v) is 12.6. The van der Waals surface area contributed by atoms with Gasteiger partial charge in [-0.3, -0.25) is 14.8 Å². The average Bonchev–Trinajstić information content (AvgIpc) is 2.85. The van der Waals surface area contributed by atoms with Crippen molar-refractivity contribution in [2.75, 3.05) is 13.1 Å². The van der Waals surface area contributed by atoms with Crippen LogP contribution in [0.15, 0.2) is 18.5 Å². The lowest BCUT2D eigenvalue weighted by Gasteiger charge is -2.35. The van der Waals surface area contributed by atoms with Crippen LogP contribution in [0, 0.1) is 22.6 Å². The van der Waals surface area contributed by atoms with E-state index in [1.165, 1.54) is 12.3 Å². The number of fused-ring (bicyclic) bond motifs is 1. The summed E-state index contributed by atoms with van der Waals surface area (Å²) < 4.78 is 13.5. The van der Waals surface area contributed by atoms with E-state index >= 15 is 0 Å². The van der Waals surface area contributed by atoms with E-state index in [-0.39, 0.29) is 18.4 Å². The Morgan fingerprint density at radius 3 is 3.05 bits per heavy atom. The number of halogens is 1. The number of hydrazine groups is 1. The molecule has 6 heteroatoms.